The Kier molecular flexibility index (Phi) is 4.61. The number of anilines is 1. The van der Waals surface area contributed by atoms with Crippen LogP contribution in [0.1, 0.15) is 49.7 Å². The fraction of sp³-hybridized carbons (Fsp3) is 0.375. The predicted molar refractivity (Wildman–Crippen MR) is 84.3 cm³/mol. The molecule has 0 spiro atoms. The van der Waals surface area contributed by atoms with Crippen LogP contribution in [0.2, 0.25) is 5.15 Å². The Bertz CT molecular complexity index is 582. The molecule has 0 aliphatic rings. The first kappa shape index (κ1) is 14.8. The molecule has 106 valence electrons. The third kappa shape index (κ3) is 3.28. The summed E-state index contributed by atoms with van der Waals surface area (Å²) in [6, 6.07) is 10.4. The molecule has 0 fully saturated rings. The van der Waals surface area contributed by atoms with Crippen molar-refractivity contribution in [3.63, 3.8) is 0 Å². The number of rotatable bonds is 4. The highest BCUT2D eigenvalue weighted by Crippen LogP contribution is 2.26. The lowest BCUT2D eigenvalue weighted by Crippen LogP contribution is -2.12. The van der Waals surface area contributed by atoms with Gasteiger partial charge in [0.1, 0.15) is 16.8 Å². The molecule has 0 amide bonds. The summed E-state index contributed by atoms with van der Waals surface area (Å²) in [5, 5.41) is 3.95. The first-order chi connectivity index (χ1) is 9.49. The van der Waals surface area contributed by atoms with Crippen molar-refractivity contribution in [1.82, 2.24) is 9.97 Å². The first-order valence-electron chi connectivity index (χ1n) is 6.84. The van der Waals surface area contributed by atoms with E-state index in [0.29, 0.717) is 5.15 Å². The zero-order valence-corrected chi connectivity index (χ0v) is 13.1. The predicted octanol–water partition coefficient (Wildman–Crippen LogP) is 4.73. The van der Waals surface area contributed by atoms with Gasteiger partial charge in [-0.1, -0.05) is 55.8 Å². The van der Waals surface area contributed by atoms with Crippen molar-refractivity contribution in [2.24, 2.45) is 0 Å². The van der Waals surface area contributed by atoms with E-state index in [4.69, 9.17) is 11.6 Å². The molecule has 3 nitrogen and oxygen atoms in total. The molecule has 0 aliphatic heterocycles. The van der Waals surface area contributed by atoms with Crippen LogP contribution in [0.25, 0.3) is 0 Å². The third-order valence-electron chi connectivity index (χ3n) is 3.27. The zero-order valence-electron chi connectivity index (χ0n) is 12.3. The Hall–Kier alpha value is -1.61. The van der Waals surface area contributed by atoms with Gasteiger partial charge in [-0.05, 0) is 19.4 Å². The molecule has 1 atom stereocenters. The molecule has 0 bridgehead atoms. The average Bonchev–Trinajstić information content (AvgIpc) is 2.44. The Morgan fingerprint density at radius 3 is 2.30 bits per heavy atom. The molecule has 1 N–H and O–H groups in total. The zero-order chi connectivity index (χ0) is 14.7. The lowest BCUT2D eigenvalue weighted by molar-refractivity contribution is 0.765. The highest BCUT2D eigenvalue weighted by molar-refractivity contribution is 6.30. The van der Waals surface area contributed by atoms with Crippen LogP contribution in [0.15, 0.2) is 30.3 Å². The van der Waals surface area contributed by atoms with E-state index in [1.807, 2.05) is 25.1 Å². The number of nitrogens with zero attached hydrogens (tertiary/aromatic N) is 2. The van der Waals surface area contributed by atoms with Gasteiger partial charge in [0.2, 0.25) is 0 Å². The van der Waals surface area contributed by atoms with Gasteiger partial charge in [0.25, 0.3) is 0 Å². The largest absolute Gasteiger partial charge is 0.363 e. The van der Waals surface area contributed by atoms with Crippen LogP contribution in [0.4, 0.5) is 5.82 Å². The van der Waals surface area contributed by atoms with Gasteiger partial charge in [-0.2, -0.15) is 0 Å². The summed E-state index contributed by atoms with van der Waals surface area (Å²) >= 11 is 6.20. The Labute approximate surface area is 125 Å². The maximum Gasteiger partial charge on any atom is 0.137 e. The van der Waals surface area contributed by atoms with Gasteiger partial charge in [0, 0.05) is 17.5 Å². The van der Waals surface area contributed by atoms with E-state index >= 15 is 0 Å². The second kappa shape index (κ2) is 6.23. The average molecular weight is 290 g/mol. The SMILES string of the molecule is Cc1c(Cl)nc(C(C)C)nc1NC(C)c1ccccc1. The van der Waals surface area contributed by atoms with E-state index in [9.17, 15) is 0 Å². The fourth-order valence-corrected chi connectivity index (χ4v) is 2.11. The van der Waals surface area contributed by atoms with Crippen LogP contribution < -0.4 is 5.32 Å². The molecule has 2 aromatic rings. The van der Waals surface area contributed by atoms with Crippen LogP contribution in [0.5, 0.6) is 0 Å². The minimum absolute atomic E-state index is 0.167. The van der Waals surface area contributed by atoms with E-state index in [2.05, 4.69) is 48.2 Å². The van der Waals surface area contributed by atoms with Gasteiger partial charge in [0.15, 0.2) is 0 Å². The summed E-state index contributed by atoms with van der Waals surface area (Å²) in [4.78, 5) is 8.92. The second-order valence-electron chi connectivity index (χ2n) is 5.28. The molecule has 1 unspecified atom stereocenters. The molecule has 1 aromatic heterocycles. The summed E-state index contributed by atoms with van der Waals surface area (Å²) in [6.45, 7) is 8.17. The molecule has 1 aromatic carbocycles. The lowest BCUT2D eigenvalue weighted by atomic mass is 10.1. The first-order valence-corrected chi connectivity index (χ1v) is 7.22. The van der Waals surface area contributed by atoms with Gasteiger partial charge in [-0.3, -0.25) is 0 Å². The van der Waals surface area contributed by atoms with E-state index < -0.39 is 0 Å². The summed E-state index contributed by atoms with van der Waals surface area (Å²) in [5.41, 5.74) is 2.10. The Morgan fingerprint density at radius 1 is 1.05 bits per heavy atom. The van der Waals surface area contributed by atoms with Crippen molar-refractivity contribution in [2.45, 2.75) is 39.7 Å². The molecule has 0 saturated carbocycles. The molecule has 2 rings (SSSR count). The van der Waals surface area contributed by atoms with Crippen molar-refractivity contribution in [3.05, 3.63) is 52.4 Å². The summed E-state index contributed by atoms with van der Waals surface area (Å²) < 4.78 is 0. The van der Waals surface area contributed by atoms with Gasteiger partial charge in [-0.15, -0.1) is 0 Å². The van der Waals surface area contributed by atoms with Crippen LogP contribution >= 0.6 is 11.6 Å². The topological polar surface area (TPSA) is 37.8 Å². The van der Waals surface area contributed by atoms with Gasteiger partial charge in [0.05, 0.1) is 0 Å². The molecule has 0 radical (unpaired) electrons. The van der Waals surface area contributed by atoms with E-state index in [0.717, 1.165) is 17.2 Å². The lowest BCUT2D eigenvalue weighted by Gasteiger charge is -2.18. The number of hydrogen-bond donors (Lipinski definition) is 1. The molecule has 0 saturated heterocycles. The minimum atomic E-state index is 0.167. The Balaban J connectivity index is 2.29. The third-order valence-corrected chi connectivity index (χ3v) is 3.64. The number of halogens is 1. The highest BCUT2D eigenvalue weighted by atomic mass is 35.5. The molecule has 0 aliphatic carbocycles. The maximum absolute atomic E-state index is 6.20. The fourth-order valence-electron chi connectivity index (χ4n) is 1.93. The van der Waals surface area contributed by atoms with Crippen LogP contribution in [0, 0.1) is 6.92 Å². The molecular weight excluding hydrogens is 270 g/mol. The number of nitrogens with one attached hydrogen (secondary N) is 1. The summed E-state index contributed by atoms with van der Waals surface area (Å²) in [7, 11) is 0. The standard InChI is InChI=1S/C16H20ClN3/c1-10(2)15-19-14(17)11(3)16(20-15)18-12(4)13-8-6-5-7-9-13/h5-10,12H,1-4H3,(H,18,19,20). The Morgan fingerprint density at radius 2 is 1.70 bits per heavy atom. The minimum Gasteiger partial charge on any atom is -0.363 e. The van der Waals surface area contributed by atoms with Crippen LogP contribution in [-0.4, -0.2) is 9.97 Å². The number of aromatic nitrogens is 2. The molecule has 20 heavy (non-hydrogen) atoms. The number of hydrogen-bond acceptors (Lipinski definition) is 3. The van der Waals surface area contributed by atoms with Gasteiger partial charge < -0.3 is 5.32 Å². The van der Waals surface area contributed by atoms with Gasteiger partial charge >= 0.3 is 0 Å². The van der Waals surface area contributed by atoms with Crippen molar-refractivity contribution in [3.8, 4) is 0 Å². The smallest absolute Gasteiger partial charge is 0.137 e. The quantitative estimate of drug-likeness (QED) is 0.827. The molecule has 4 heteroatoms. The van der Waals surface area contributed by atoms with Crippen molar-refractivity contribution in [2.75, 3.05) is 5.32 Å². The van der Waals surface area contributed by atoms with E-state index in [1.165, 1.54) is 5.56 Å². The van der Waals surface area contributed by atoms with Crippen molar-refractivity contribution >= 4 is 17.4 Å². The molecule has 1 heterocycles. The second-order valence-corrected chi connectivity index (χ2v) is 5.64. The van der Waals surface area contributed by atoms with Crippen molar-refractivity contribution < 1.29 is 0 Å². The number of benzene rings is 1. The molecular formula is C16H20ClN3. The summed E-state index contributed by atoms with van der Waals surface area (Å²) in [5.74, 6) is 1.83. The maximum atomic E-state index is 6.20. The van der Waals surface area contributed by atoms with E-state index in [-0.39, 0.29) is 12.0 Å². The normalized spacial score (nSPS) is 12.5. The van der Waals surface area contributed by atoms with Crippen LogP contribution in [-0.2, 0) is 0 Å². The van der Waals surface area contributed by atoms with Crippen molar-refractivity contribution in [1.29, 1.82) is 0 Å². The van der Waals surface area contributed by atoms with E-state index in [1.54, 1.807) is 0 Å². The highest BCUT2D eigenvalue weighted by Gasteiger charge is 2.14. The summed E-state index contributed by atoms with van der Waals surface area (Å²) in [6.07, 6.45) is 0. The van der Waals surface area contributed by atoms with Crippen LogP contribution in [0.3, 0.4) is 0 Å². The monoisotopic (exact) mass is 289 g/mol. The van der Waals surface area contributed by atoms with Gasteiger partial charge in [-0.25, -0.2) is 9.97 Å².